The molecule has 192 valence electrons. The van der Waals surface area contributed by atoms with E-state index in [1.54, 1.807) is 18.0 Å². The zero-order chi connectivity index (χ0) is 26.2. The maximum absolute atomic E-state index is 13.5. The third kappa shape index (κ3) is 3.49. The summed E-state index contributed by atoms with van der Waals surface area (Å²) in [6.45, 7) is 8.15. The van der Waals surface area contributed by atoms with Gasteiger partial charge in [0.2, 0.25) is 0 Å². The fraction of sp³-hybridized carbons (Fsp3) is 0.519. The minimum Gasteiger partial charge on any atom is -0.499 e. The second-order valence-electron chi connectivity index (χ2n) is 11.6. The van der Waals surface area contributed by atoms with E-state index in [1.807, 2.05) is 39.0 Å². The van der Waals surface area contributed by atoms with Gasteiger partial charge >= 0.3 is 11.9 Å². The number of ether oxygens (including phenoxy) is 1. The summed E-state index contributed by atoms with van der Waals surface area (Å²) in [5.41, 5.74) is -1.32. The molecular weight excluding hydrogens is 526 g/mol. The molecule has 3 atom stereocenters. The largest absolute Gasteiger partial charge is 0.499 e. The molecule has 9 heteroatoms. The Morgan fingerprint density at radius 3 is 2.44 bits per heavy atom. The number of nitrogens with zero attached hydrogens (tertiary/aromatic N) is 3. The normalized spacial score (nSPS) is 28.1. The van der Waals surface area contributed by atoms with Gasteiger partial charge in [0.05, 0.1) is 19.3 Å². The molecule has 0 saturated heterocycles. The van der Waals surface area contributed by atoms with Crippen LogP contribution >= 0.6 is 15.9 Å². The molecule has 1 fully saturated rings. The van der Waals surface area contributed by atoms with Gasteiger partial charge in [-0.3, -0.25) is 14.6 Å². The highest BCUT2D eigenvalue weighted by molar-refractivity contribution is 9.10. The molecule has 2 aromatic rings. The molecule has 3 unspecified atom stereocenters. The van der Waals surface area contributed by atoms with Crippen molar-refractivity contribution in [2.45, 2.75) is 53.1 Å². The molecule has 0 radical (unpaired) electrons. The quantitative estimate of drug-likeness (QED) is 0.520. The molecule has 1 aromatic heterocycles. The summed E-state index contributed by atoms with van der Waals surface area (Å²) in [7, 11) is 1.46. The first-order valence-electron chi connectivity index (χ1n) is 12.2. The number of aliphatic carboxylic acids is 2. The highest BCUT2D eigenvalue weighted by Gasteiger charge is 2.67. The summed E-state index contributed by atoms with van der Waals surface area (Å²) < 4.78 is 8.87. The van der Waals surface area contributed by atoms with Crippen molar-refractivity contribution in [1.82, 2.24) is 9.58 Å². The second kappa shape index (κ2) is 8.10. The number of carbonyl (C=O) groups is 2. The van der Waals surface area contributed by atoms with Crippen molar-refractivity contribution in [2.24, 2.45) is 27.3 Å². The number of benzene rings is 1. The zero-order valence-corrected chi connectivity index (χ0v) is 22.8. The highest BCUT2D eigenvalue weighted by atomic mass is 79.9. The lowest BCUT2D eigenvalue weighted by Gasteiger charge is -2.47. The molecule has 8 nitrogen and oxygen atoms in total. The summed E-state index contributed by atoms with van der Waals surface area (Å²) in [6, 6.07) is 7.31. The Kier molecular flexibility index (Phi) is 5.59. The van der Waals surface area contributed by atoms with Crippen LogP contribution in [-0.4, -0.2) is 57.1 Å². The number of halogens is 1. The number of methoxy groups -OCH3 is 1. The number of carboxylic acids is 2. The first kappa shape index (κ1) is 24.9. The monoisotopic (exact) mass is 557 g/mol. The SMILES string of the molecule is COC1=CC(C)(C(=O)O)CN2N=C(c3cc4ccc(Br)cc4n3CC3CC3)C(C(=O)O)(C(C)(C)C)C12. The Labute approximate surface area is 218 Å². The van der Waals surface area contributed by atoms with Gasteiger partial charge in [0.15, 0.2) is 0 Å². The number of carboxylic acid groups (broad SMARTS) is 2. The lowest BCUT2D eigenvalue weighted by Crippen LogP contribution is -2.61. The van der Waals surface area contributed by atoms with Gasteiger partial charge in [-0.2, -0.15) is 5.10 Å². The van der Waals surface area contributed by atoms with Crippen LogP contribution in [0.1, 0.15) is 46.2 Å². The number of aromatic nitrogens is 1. The van der Waals surface area contributed by atoms with Crippen LogP contribution < -0.4 is 0 Å². The van der Waals surface area contributed by atoms with E-state index in [0.717, 1.165) is 40.5 Å². The van der Waals surface area contributed by atoms with Crippen LogP contribution in [0.2, 0.25) is 0 Å². The summed E-state index contributed by atoms with van der Waals surface area (Å²) in [4.78, 5) is 25.7. The molecular formula is C27H32BrN3O5. The van der Waals surface area contributed by atoms with Crippen molar-refractivity contribution in [3.8, 4) is 0 Å². The third-order valence-corrected chi connectivity index (χ3v) is 8.52. The van der Waals surface area contributed by atoms with Crippen molar-refractivity contribution in [3.63, 3.8) is 0 Å². The van der Waals surface area contributed by atoms with E-state index >= 15 is 0 Å². The average Bonchev–Trinajstić information content (AvgIpc) is 3.44. The maximum atomic E-state index is 13.5. The van der Waals surface area contributed by atoms with Gasteiger partial charge in [-0.25, -0.2) is 0 Å². The van der Waals surface area contributed by atoms with E-state index in [9.17, 15) is 19.8 Å². The predicted molar refractivity (Wildman–Crippen MR) is 140 cm³/mol. The standard InChI is InChI=1S/C27H32BrN3O5/c1-25(2,3)27(24(34)35)21(29-31-14-26(4,23(32)33)12-20(36-5)22(27)31)19-10-16-8-9-17(28)11-18(16)30(19)13-15-6-7-15/h8-12,15,22H,6-7,13-14H2,1-5H3,(H,32,33)(H,34,35). The highest BCUT2D eigenvalue weighted by Crippen LogP contribution is 2.55. The van der Waals surface area contributed by atoms with Crippen molar-refractivity contribution in [3.05, 3.63) is 46.3 Å². The predicted octanol–water partition coefficient (Wildman–Crippen LogP) is 4.95. The molecule has 0 spiro atoms. The molecule has 1 aliphatic carbocycles. The summed E-state index contributed by atoms with van der Waals surface area (Å²) in [6.07, 6.45) is 3.85. The Morgan fingerprint density at radius 2 is 1.89 bits per heavy atom. The number of rotatable bonds is 6. The van der Waals surface area contributed by atoms with E-state index in [4.69, 9.17) is 9.84 Å². The molecule has 2 N–H and O–H groups in total. The number of fused-ring (bicyclic) bond motifs is 2. The second-order valence-corrected chi connectivity index (χ2v) is 12.5. The Hall–Kier alpha value is -2.81. The zero-order valence-electron chi connectivity index (χ0n) is 21.2. The summed E-state index contributed by atoms with van der Waals surface area (Å²) in [5, 5.41) is 28.6. The Morgan fingerprint density at radius 1 is 1.19 bits per heavy atom. The van der Waals surface area contributed by atoms with E-state index in [1.165, 1.54) is 7.11 Å². The van der Waals surface area contributed by atoms with Crippen LogP contribution in [0, 0.1) is 22.2 Å². The van der Waals surface area contributed by atoms with Gasteiger partial charge in [0, 0.05) is 21.9 Å². The molecule has 1 saturated carbocycles. The van der Waals surface area contributed by atoms with Gasteiger partial charge in [-0.05, 0) is 55.4 Å². The molecule has 3 heterocycles. The Bertz CT molecular complexity index is 1330. The van der Waals surface area contributed by atoms with Gasteiger partial charge < -0.3 is 19.5 Å². The number of hydrazone groups is 1. The van der Waals surface area contributed by atoms with Crippen molar-refractivity contribution in [1.29, 1.82) is 0 Å². The maximum Gasteiger partial charge on any atom is 0.319 e. The lowest BCUT2D eigenvalue weighted by atomic mass is 9.58. The third-order valence-electron chi connectivity index (χ3n) is 8.02. The van der Waals surface area contributed by atoms with Crippen LogP contribution in [-0.2, 0) is 20.9 Å². The summed E-state index contributed by atoms with van der Waals surface area (Å²) >= 11 is 3.59. The number of hydrogen-bond acceptors (Lipinski definition) is 5. The van der Waals surface area contributed by atoms with Crippen molar-refractivity contribution < 1.29 is 24.5 Å². The minimum atomic E-state index is -1.48. The smallest absolute Gasteiger partial charge is 0.319 e. The van der Waals surface area contributed by atoms with Gasteiger partial charge in [0.1, 0.15) is 28.3 Å². The van der Waals surface area contributed by atoms with Gasteiger partial charge in [-0.1, -0.05) is 42.8 Å². The van der Waals surface area contributed by atoms with Crippen molar-refractivity contribution >= 4 is 44.5 Å². The fourth-order valence-electron chi connectivity index (χ4n) is 5.92. The van der Waals surface area contributed by atoms with E-state index in [2.05, 4.69) is 26.6 Å². The van der Waals surface area contributed by atoms with Crippen LogP contribution in [0.15, 0.2) is 45.7 Å². The molecule has 0 bridgehead atoms. The number of hydrogen-bond donors (Lipinski definition) is 2. The lowest BCUT2D eigenvalue weighted by molar-refractivity contribution is -0.155. The van der Waals surface area contributed by atoms with Crippen LogP contribution in [0.5, 0.6) is 0 Å². The van der Waals surface area contributed by atoms with Crippen LogP contribution in [0.3, 0.4) is 0 Å². The molecule has 36 heavy (non-hydrogen) atoms. The topological polar surface area (TPSA) is 104 Å². The van der Waals surface area contributed by atoms with Gasteiger partial charge in [-0.15, -0.1) is 0 Å². The molecule has 5 rings (SSSR count). The molecule has 2 aliphatic heterocycles. The van der Waals surface area contributed by atoms with E-state index < -0.39 is 34.2 Å². The Balaban J connectivity index is 1.81. The summed E-state index contributed by atoms with van der Waals surface area (Å²) in [5.74, 6) is -1.16. The van der Waals surface area contributed by atoms with Crippen molar-refractivity contribution in [2.75, 3.05) is 13.7 Å². The molecule has 0 amide bonds. The minimum absolute atomic E-state index is 0.0445. The molecule has 3 aliphatic rings. The first-order chi connectivity index (χ1) is 16.8. The first-order valence-corrected chi connectivity index (χ1v) is 13.0. The van der Waals surface area contributed by atoms with Gasteiger partial charge in [0.25, 0.3) is 0 Å². The average molecular weight is 558 g/mol. The fourth-order valence-corrected chi connectivity index (χ4v) is 6.27. The van der Waals surface area contributed by atoms with E-state index in [-0.39, 0.29) is 6.54 Å². The molecule has 1 aromatic carbocycles. The van der Waals surface area contributed by atoms with Crippen LogP contribution in [0.25, 0.3) is 10.9 Å². The van der Waals surface area contributed by atoms with E-state index in [0.29, 0.717) is 17.4 Å². The van der Waals surface area contributed by atoms with Crippen LogP contribution in [0.4, 0.5) is 0 Å².